The Morgan fingerprint density at radius 2 is 1.58 bits per heavy atom. The van der Waals surface area contributed by atoms with Crippen LogP contribution >= 0.6 is 0 Å². The lowest BCUT2D eigenvalue weighted by Crippen LogP contribution is -2.53. The third-order valence-electron chi connectivity index (χ3n) is 3.52. The van der Waals surface area contributed by atoms with Crippen LogP contribution in [0.15, 0.2) is 48.5 Å². The second kappa shape index (κ2) is 6.57. The minimum atomic E-state index is -0.944. The number of ether oxygens (including phenoxy) is 2. The Labute approximate surface area is 137 Å². The standard InChI is InChI=1S/C17H15FN2O4/c1-10-15(24-14-9-5-4-8-13(14)23-10)17(22)20-19-16(21)11-6-2-3-7-12(11)18/h2-10,15H,1H3,(H,19,21)(H,20,22). The molecule has 2 unspecified atom stereocenters. The Morgan fingerprint density at radius 3 is 2.29 bits per heavy atom. The molecule has 2 aromatic carbocycles. The molecule has 124 valence electrons. The molecule has 1 heterocycles. The first kappa shape index (κ1) is 15.8. The van der Waals surface area contributed by atoms with Crippen molar-refractivity contribution in [1.82, 2.24) is 10.9 Å². The van der Waals surface area contributed by atoms with Crippen molar-refractivity contribution in [3.05, 3.63) is 59.9 Å². The summed E-state index contributed by atoms with van der Waals surface area (Å²) in [7, 11) is 0. The van der Waals surface area contributed by atoms with Crippen LogP contribution in [0.1, 0.15) is 17.3 Å². The van der Waals surface area contributed by atoms with Crippen molar-refractivity contribution in [2.24, 2.45) is 0 Å². The molecule has 0 spiro atoms. The summed E-state index contributed by atoms with van der Waals surface area (Å²) in [5, 5.41) is 0. The lowest BCUT2D eigenvalue weighted by Gasteiger charge is -2.30. The third-order valence-corrected chi connectivity index (χ3v) is 3.52. The van der Waals surface area contributed by atoms with Gasteiger partial charge >= 0.3 is 0 Å². The summed E-state index contributed by atoms with van der Waals surface area (Å²) in [6, 6.07) is 12.4. The molecular formula is C17H15FN2O4. The van der Waals surface area contributed by atoms with E-state index in [1.54, 1.807) is 31.2 Å². The van der Waals surface area contributed by atoms with Gasteiger partial charge < -0.3 is 9.47 Å². The minimum Gasteiger partial charge on any atom is -0.482 e. The third kappa shape index (κ3) is 3.15. The first-order valence-corrected chi connectivity index (χ1v) is 7.33. The van der Waals surface area contributed by atoms with Gasteiger partial charge in [-0.1, -0.05) is 24.3 Å². The average Bonchev–Trinajstić information content (AvgIpc) is 2.59. The lowest BCUT2D eigenvalue weighted by molar-refractivity contribution is -0.134. The lowest BCUT2D eigenvalue weighted by atomic mass is 10.1. The van der Waals surface area contributed by atoms with Crippen molar-refractivity contribution in [3.8, 4) is 11.5 Å². The molecule has 1 aliphatic heterocycles. The molecule has 2 amide bonds. The number of benzene rings is 2. The fourth-order valence-corrected chi connectivity index (χ4v) is 2.31. The number of amides is 2. The molecule has 7 heteroatoms. The van der Waals surface area contributed by atoms with Crippen LogP contribution in [0, 0.1) is 5.82 Å². The summed E-state index contributed by atoms with van der Waals surface area (Å²) in [4.78, 5) is 24.1. The van der Waals surface area contributed by atoms with Crippen molar-refractivity contribution in [2.75, 3.05) is 0 Å². The van der Waals surface area contributed by atoms with E-state index < -0.39 is 29.8 Å². The van der Waals surface area contributed by atoms with Gasteiger partial charge in [0.25, 0.3) is 11.8 Å². The van der Waals surface area contributed by atoms with Crippen molar-refractivity contribution in [1.29, 1.82) is 0 Å². The number of carbonyl (C=O) groups is 2. The van der Waals surface area contributed by atoms with Crippen molar-refractivity contribution < 1.29 is 23.5 Å². The number of halogens is 1. The van der Waals surface area contributed by atoms with Gasteiger partial charge in [0.2, 0.25) is 6.10 Å². The smallest absolute Gasteiger partial charge is 0.283 e. The van der Waals surface area contributed by atoms with Crippen LogP contribution in [-0.2, 0) is 4.79 Å². The molecule has 2 N–H and O–H groups in total. The predicted molar refractivity (Wildman–Crippen MR) is 83.0 cm³/mol. The molecule has 24 heavy (non-hydrogen) atoms. The topological polar surface area (TPSA) is 76.7 Å². The maximum atomic E-state index is 13.5. The highest BCUT2D eigenvalue weighted by Gasteiger charge is 2.34. The molecule has 2 atom stereocenters. The monoisotopic (exact) mass is 330 g/mol. The highest BCUT2D eigenvalue weighted by molar-refractivity contribution is 5.96. The summed E-state index contributed by atoms with van der Waals surface area (Å²) in [6.45, 7) is 1.68. The summed E-state index contributed by atoms with van der Waals surface area (Å²) in [5.74, 6) is -1.04. The van der Waals surface area contributed by atoms with Gasteiger partial charge in [-0.2, -0.15) is 0 Å². The highest BCUT2D eigenvalue weighted by Crippen LogP contribution is 2.33. The number of carbonyl (C=O) groups excluding carboxylic acids is 2. The molecule has 0 fully saturated rings. The summed E-state index contributed by atoms with van der Waals surface area (Å²) in [6.07, 6.45) is -1.49. The van der Waals surface area contributed by atoms with E-state index in [2.05, 4.69) is 10.9 Å². The van der Waals surface area contributed by atoms with E-state index in [-0.39, 0.29) is 5.56 Å². The summed E-state index contributed by atoms with van der Waals surface area (Å²) < 4.78 is 24.8. The van der Waals surface area contributed by atoms with E-state index in [4.69, 9.17) is 9.47 Å². The Balaban J connectivity index is 1.63. The van der Waals surface area contributed by atoms with Crippen LogP contribution in [0.25, 0.3) is 0 Å². The maximum absolute atomic E-state index is 13.5. The number of hydrogen-bond donors (Lipinski definition) is 2. The van der Waals surface area contributed by atoms with E-state index in [0.717, 1.165) is 6.07 Å². The van der Waals surface area contributed by atoms with E-state index in [1.165, 1.54) is 18.2 Å². The maximum Gasteiger partial charge on any atom is 0.283 e. The summed E-state index contributed by atoms with van der Waals surface area (Å²) in [5.41, 5.74) is 4.23. The highest BCUT2D eigenvalue weighted by atomic mass is 19.1. The van der Waals surface area contributed by atoms with E-state index in [9.17, 15) is 14.0 Å². The Morgan fingerprint density at radius 1 is 0.958 bits per heavy atom. The second-order valence-electron chi connectivity index (χ2n) is 5.23. The SMILES string of the molecule is CC1Oc2ccccc2OC1C(=O)NNC(=O)c1ccccc1F. The van der Waals surface area contributed by atoms with E-state index in [0.29, 0.717) is 11.5 Å². The molecule has 0 aliphatic carbocycles. The number of nitrogens with one attached hydrogen (secondary N) is 2. The Kier molecular flexibility index (Phi) is 4.33. The molecule has 0 aromatic heterocycles. The minimum absolute atomic E-state index is 0.169. The zero-order chi connectivity index (χ0) is 17.1. The Bertz CT molecular complexity index is 781. The molecule has 0 saturated heterocycles. The van der Waals surface area contributed by atoms with Crippen LogP contribution < -0.4 is 20.3 Å². The van der Waals surface area contributed by atoms with Gasteiger partial charge in [0.15, 0.2) is 11.5 Å². The van der Waals surface area contributed by atoms with Crippen LogP contribution in [0.5, 0.6) is 11.5 Å². The van der Waals surface area contributed by atoms with Gasteiger partial charge in [0.1, 0.15) is 11.9 Å². The molecule has 1 aliphatic rings. The van der Waals surface area contributed by atoms with Crippen molar-refractivity contribution >= 4 is 11.8 Å². The molecule has 0 bridgehead atoms. The van der Waals surface area contributed by atoms with Crippen LogP contribution in [0.3, 0.4) is 0 Å². The fourth-order valence-electron chi connectivity index (χ4n) is 2.31. The van der Waals surface area contributed by atoms with E-state index >= 15 is 0 Å². The average molecular weight is 330 g/mol. The van der Waals surface area contributed by atoms with E-state index in [1.807, 2.05) is 0 Å². The normalized spacial score (nSPS) is 18.6. The van der Waals surface area contributed by atoms with Gasteiger partial charge in [0, 0.05) is 0 Å². The second-order valence-corrected chi connectivity index (χ2v) is 5.23. The zero-order valence-corrected chi connectivity index (χ0v) is 12.8. The molecule has 0 saturated carbocycles. The molecule has 2 aromatic rings. The van der Waals surface area contributed by atoms with Crippen LogP contribution in [0.2, 0.25) is 0 Å². The van der Waals surface area contributed by atoms with Gasteiger partial charge in [-0.25, -0.2) is 4.39 Å². The van der Waals surface area contributed by atoms with Crippen LogP contribution in [-0.4, -0.2) is 24.0 Å². The molecular weight excluding hydrogens is 315 g/mol. The predicted octanol–water partition coefficient (Wildman–Crippen LogP) is 1.82. The Hall–Kier alpha value is -3.09. The van der Waals surface area contributed by atoms with Gasteiger partial charge in [-0.15, -0.1) is 0 Å². The number of hydrazine groups is 1. The van der Waals surface area contributed by atoms with Crippen molar-refractivity contribution in [2.45, 2.75) is 19.1 Å². The zero-order valence-electron chi connectivity index (χ0n) is 12.8. The van der Waals surface area contributed by atoms with Crippen molar-refractivity contribution in [3.63, 3.8) is 0 Å². The van der Waals surface area contributed by atoms with Gasteiger partial charge in [-0.3, -0.25) is 20.4 Å². The first-order valence-electron chi connectivity index (χ1n) is 7.33. The quantitative estimate of drug-likeness (QED) is 0.824. The number of fused-ring (bicyclic) bond motifs is 1. The molecule has 6 nitrogen and oxygen atoms in total. The van der Waals surface area contributed by atoms with Crippen LogP contribution in [0.4, 0.5) is 4.39 Å². The number of para-hydroxylation sites is 2. The first-order chi connectivity index (χ1) is 11.6. The fraction of sp³-hybridized carbons (Fsp3) is 0.176. The number of rotatable bonds is 2. The van der Waals surface area contributed by atoms with Gasteiger partial charge in [0.05, 0.1) is 5.56 Å². The molecule has 3 rings (SSSR count). The summed E-state index contributed by atoms with van der Waals surface area (Å²) >= 11 is 0. The largest absolute Gasteiger partial charge is 0.482 e. The van der Waals surface area contributed by atoms with Gasteiger partial charge in [-0.05, 0) is 31.2 Å². The molecule has 0 radical (unpaired) electrons. The number of hydrogen-bond acceptors (Lipinski definition) is 4.